The van der Waals surface area contributed by atoms with E-state index in [0.717, 1.165) is 11.1 Å². The van der Waals surface area contributed by atoms with Crippen LogP contribution in [0.25, 0.3) is 0 Å². The normalized spacial score (nSPS) is 11.1. The van der Waals surface area contributed by atoms with E-state index < -0.39 is 23.4 Å². The summed E-state index contributed by atoms with van der Waals surface area (Å²) in [4.78, 5) is 23.8. The molecule has 0 radical (unpaired) electrons. The molecule has 0 fully saturated rings. The Hall–Kier alpha value is -3.56. The van der Waals surface area contributed by atoms with Gasteiger partial charge in [0, 0.05) is 27.9 Å². The van der Waals surface area contributed by atoms with Gasteiger partial charge in [-0.25, -0.2) is 0 Å². The van der Waals surface area contributed by atoms with Crippen molar-refractivity contribution in [3.8, 4) is 11.8 Å². The number of nitrogen functional groups attached to an aromatic ring is 1. The van der Waals surface area contributed by atoms with Crippen molar-refractivity contribution in [2.24, 2.45) is 11.5 Å². The molecule has 0 saturated carbocycles. The number of amides is 2. The van der Waals surface area contributed by atoms with Crippen LogP contribution in [0.5, 0.6) is 0 Å². The smallest absolute Gasteiger partial charge is 0.251 e. The number of benzene rings is 2. The van der Waals surface area contributed by atoms with E-state index in [1.165, 1.54) is 0 Å². The number of nitrogens with two attached hydrogens (primary N) is 3. The molecule has 2 rings (SSSR count). The van der Waals surface area contributed by atoms with Crippen LogP contribution in [-0.2, 0) is 4.79 Å². The second-order valence-electron chi connectivity index (χ2n) is 6.54. The monoisotopic (exact) mass is 378 g/mol. The molecule has 0 bridgehead atoms. The van der Waals surface area contributed by atoms with E-state index in [1.807, 2.05) is 18.2 Å². The number of rotatable bonds is 4. The Morgan fingerprint density at radius 1 is 1.04 bits per heavy atom. The number of hydrogen-bond donors (Lipinski definition) is 4. The van der Waals surface area contributed by atoms with E-state index in [1.54, 1.807) is 44.2 Å². The summed E-state index contributed by atoms with van der Waals surface area (Å²) in [7, 11) is 0. The molecule has 6 heteroatoms. The maximum Gasteiger partial charge on any atom is 0.251 e. The minimum absolute atomic E-state index is 0.380. The molecule has 0 aliphatic rings. The van der Waals surface area contributed by atoms with Crippen molar-refractivity contribution in [3.63, 3.8) is 0 Å². The number of carbonyl (C=O) groups excluding carboxylic acids is 2. The Morgan fingerprint density at radius 2 is 1.61 bits per heavy atom. The molecule has 28 heavy (non-hydrogen) atoms. The largest absolute Gasteiger partial charge is 0.398 e. The minimum Gasteiger partial charge on any atom is -0.398 e. The topological polar surface area (TPSA) is 124 Å². The molecule has 2 amide bonds. The summed E-state index contributed by atoms with van der Waals surface area (Å²) in [6.07, 6.45) is 0. The van der Waals surface area contributed by atoms with Crippen LogP contribution in [0.1, 0.15) is 35.3 Å². The van der Waals surface area contributed by atoms with E-state index in [-0.39, 0.29) is 0 Å². The first-order valence-corrected chi connectivity index (χ1v) is 8.54. The van der Waals surface area contributed by atoms with Crippen LogP contribution in [0.15, 0.2) is 61.7 Å². The summed E-state index contributed by atoms with van der Waals surface area (Å²) in [5, 5.41) is 2.57. The number of anilines is 1. The van der Waals surface area contributed by atoms with Crippen molar-refractivity contribution >= 4 is 17.5 Å². The fourth-order valence-corrected chi connectivity index (χ4v) is 2.29. The van der Waals surface area contributed by atoms with Crippen LogP contribution in [0.3, 0.4) is 0 Å². The first-order chi connectivity index (χ1) is 13.2. The number of hydrogen-bond acceptors (Lipinski definition) is 4. The van der Waals surface area contributed by atoms with Crippen molar-refractivity contribution < 1.29 is 9.59 Å². The third-order valence-electron chi connectivity index (χ3n) is 3.75. The molecule has 7 N–H and O–H groups in total. The van der Waals surface area contributed by atoms with Crippen molar-refractivity contribution in [2.45, 2.75) is 25.4 Å². The third kappa shape index (κ3) is 6.31. The van der Waals surface area contributed by atoms with E-state index in [0.29, 0.717) is 11.3 Å². The van der Waals surface area contributed by atoms with Gasteiger partial charge in [-0.1, -0.05) is 24.0 Å². The summed E-state index contributed by atoms with van der Waals surface area (Å²) < 4.78 is 0. The Kier molecular flexibility index (Phi) is 7.99. The van der Waals surface area contributed by atoms with Crippen LogP contribution in [0, 0.1) is 11.8 Å². The van der Waals surface area contributed by atoms with Gasteiger partial charge in [0.2, 0.25) is 5.91 Å². The Labute approximate surface area is 165 Å². The Balaban J connectivity index is 0.00000190. The van der Waals surface area contributed by atoms with Gasteiger partial charge in [0.15, 0.2) is 0 Å². The highest BCUT2D eigenvalue weighted by molar-refractivity contribution is 5.97. The second kappa shape index (κ2) is 9.95. The lowest BCUT2D eigenvalue weighted by Gasteiger charge is -2.28. The number of primary amides is 1. The summed E-state index contributed by atoms with van der Waals surface area (Å²) in [6, 6.07) is 13.0. The molecule has 1 atom stereocenters. The fourth-order valence-electron chi connectivity index (χ4n) is 2.29. The van der Waals surface area contributed by atoms with Gasteiger partial charge in [0.1, 0.15) is 6.04 Å². The lowest BCUT2D eigenvalue weighted by atomic mass is 9.95. The van der Waals surface area contributed by atoms with Gasteiger partial charge in [-0.3, -0.25) is 9.59 Å². The third-order valence-corrected chi connectivity index (χ3v) is 3.75. The minimum atomic E-state index is -0.976. The highest BCUT2D eigenvalue weighted by atomic mass is 16.2. The molecule has 0 spiro atoms. The van der Waals surface area contributed by atoms with E-state index >= 15 is 0 Å². The average Bonchev–Trinajstić information content (AvgIpc) is 2.66. The van der Waals surface area contributed by atoms with E-state index in [9.17, 15) is 9.59 Å². The standard InChI is InChI=1S/C20H22N4O2.C2H4/c1-20(2,23)17(18(22)25)24-19(26)15-11-8-13(9-12-15)7-10-14-5-3-4-6-16(14)21;1-2/h3-6,8-9,11-12,17H,21,23H2,1-2H3,(H2,22,25)(H,24,26);1-2H2. The Bertz CT molecular complexity index is 887. The maximum atomic E-state index is 12.3. The van der Waals surface area contributed by atoms with Gasteiger partial charge in [-0.2, -0.15) is 0 Å². The molecule has 0 aromatic heterocycles. The zero-order valence-corrected chi connectivity index (χ0v) is 16.2. The van der Waals surface area contributed by atoms with Crippen molar-refractivity contribution in [1.29, 1.82) is 0 Å². The van der Waals surface area contributed by atoms with Crippen LogP contribution in [0.2, 0.25) is 0 Å². The molecule has 0 saturated heterocycles. The van der Waals surface area contributed by atoms with Crippen LogP contribution >= 0.6 is 0 Å². The number of carbonyl (C=O) groups is 2. The van der Waals surface area contributed by atoms with Gasteiger partial charge >= 0.3 is 0 Å². The predicted molar refractivity (Wildman–Crippen MR) is 113 cm³/mol. The molecule has 146 valence electrons. The first kappa shape index (κ1) is 22.5. The summed E-state index contributed by atoms with van der Waals surface area (Å²) in [5.74, 6) is 4.87. The molecular formula is C22H26N4O2. The van der Waals surface area contributed by atoms with Gasteiger partial charge < -0.3 is 22.5 Å². The molecule has 2 aromatic carbocycles. The van der Waals surface area contributed by atoms with Crippen LogP contribution in [-0.4, -0.2) is 23.4 Å². The van der Waals surface area contributed by atoms with Gasteiger partial charge in [0.05, 0.1) is 0 Å². The average molecular weight is 378 g/mol. The van der Waals surface area contributed by atoms with Crippen LogP contribution < -0.4 is 22.5 Å². The van der Waals surface area contributed by atoms with Crippen molar-refractivity contribution in [3.05, 3.63) is 78.4 Å². The quantitative estimate of drug-likeness (QED) is 0.368. The van der Waals surface area contributed by atoms with E-state index in [2.05, 4.69) is 30.3 Å². The molecule has 1 unspecified atom stereocenters. The SMILES string of the molecule is C=C.CC(C)(N)C(NC(=O)c1ccc(C#Cc2ccccc2N)cc1)C(N)=O. The van der Waals surface area contributed by atoms with Crippen molar-refractivity contribution in [1.82, 2.24) is 5.32 Å². The fraction of sp³-hybridized carbons (Fsp3) is 0.182. The summed E-state index contributed by atoms with van der Waals surface area (Å²) >= 11 is 0. The molecule has 0 aliphatic carbocycles. The van der Waals surface area contributed by atoms with Gasteiger partial charge in [-0.15, -0.1) is 13.2 Å². The van der Waals surface area contributed by atoms with Gasteiger partial charge in [-0.05, 0) is 50.2 Å². The van der Waals surface area contributed by atoms with E-state index in [4.69, 9.17) is 17.2 Å². The van der Waals surface area contributed by atoms with Crippen LogP contribution in [0.4, 0.5) is 5.69 Å². The molecule has 0 aliphatic heterocycles. The number of nitrogens with one attached hydrogen (secondary N) is 1. The highest BCUT2D eigenvalue weighted by Crippen LogP contribution is 2.10. The first-order valence-electron chi connectivity index (χ1n) is 8.54. The second-order valence-corrected chi connectivity index (χ2v) is 6.54. The molecular weight excluding hydrogens is 352 g/mol. The molecule has 0 heterocycles. The maximum absolute atomic E-state index is 12.3. The zero-order chi connectivity index (χ0) is 21.3. The molecule has 2 aromatic rings. The highest BCUT2D eigenvalue weighted by Gasteiger charge is 2.31. The lowest BCUT2D eigenvalue weighted by Crippen LogP contribution is -2.60. The summed E-state index contributed by atoms with van der Waals surface area (Å²) in [6.45, 7) is 9.24. The van der Waals surface area contributed by atoms with Gasteiger partial charge in [0.25, 0.3) is 5.91 Å². The Morgan fingerprint density at radius 3 is 2.11 bits per heavy atom. The molecule has 6 nitrogen and oxygen atoms in total. The lowest BCUT2D eigenvalue weighted by molar-refractivity contribution is -0.121. The van der Waals surface area contributed by atoms with Crippen molar-refractivity contribution in [2.75, 3.05) is 5.73 Å². The zero-order valence-electron chi connectivity index (χ0n) is 16.2. The predicted octanol–water partition coefficient (Wildman–Crippen LogP) is 1.79. The number of para-hydroxylation sites is 1. The summed E-state index contributed by atoms with van der Waals surface area (Å²) in [5.41, 5.74) is 18.6.